The fourth-order valence-electron chi connectivity index (χ4n) is 2.78. The summed E-state index contributed by atoms with van der Waals surface area (Å²) >= 11 is 8.18. The molecule has 1 saturated heterocycles. The average Bonchev–Trinajstić information content (AvgIpc) is 2.58. The van der Waals surface area contributed by atoms with E-state index in [2.05, 4.69) is 21.5 Å². The molecule has 1 N–H and O–H groups in total. The van der Waals surface area contributed by atoms with E-state index in [0.29, 0.717) is 0 Å². The zero-order valence-electron chi connectivity index (χ0n) is 14.5. The Bertz CT molecular complexity index is 538. The molecule has 136 valence electrons. The minimum Gasteiger partial charge on any atom is -0.381 e. The van der Waals surface area contributed by atoms with Crippen LogP contribution in [0.25, 0.3) is 0 Å². The van der Waals surface area contributed by atoms with Gasteiger partial charge in [-0.2, -0.15) is 11.8 Å². The molecular formula is C17H27ClIN3OS. The summed E-state index contributed by atoms with van der Waals surface area (Å²) in [6, 6.07) is 7.93. The molecule has 1 aliphatic heterocycles. The van der Waals surface area contributed by atoms with Crippen molar-refractivity contribution in [3.8, 4) is 0 Å². The maximum Gasteiger partial charge on any atom is 0.193 e. The van der Waals surface area contributed by atoms with Crippen LogP contribution >= 0.6 is 47.3 Å². The molecule has 1 heterocycles. The van der Waals surface area contributed by atoms with Crippen LogP contribution < -0.4 is 5.32 Å². The molecular weight excluding hydrogens is 457 g/mol. The van der Waals surface area contributed by atoms with Crippen molar-refractivity contribution in [2.45, 2.75) is 24.1 Å². The standard InChI is InChI=1S/C17H26ClN3OS.HI/c1-19-16(20-13-17(23-3)8-10-22-11-9-17)21(2)12-14-6-4-5-7-15(14)18;/h4-7H,8-13H2,1-3H3,(H,19,20);1H. The Balaban J connectivity index is 0.00000288. The van der Waals surface area contributed by atoms with Crippen LogP contribution in [0.3, 0.4) is 0 Å². The van der Waals surface area contributed by atoms with Crippen molar-refractivity contribution < 1.29 is 4.74 Å². The van der Waals surface area contributed by atoms with Crippen molar-refractivity contribution in [1.82, 2.24) is 10.2 Å². The van der Waals surface area contributed by atoms with Gasteiger partial charge in [0.05, 0.1) is 0 Å². The highest BCUT2D eigenvalue weighted by Gasteiger charge is 2.32. The Morgan fingerprint density at radius 1 is 1.38 bits per heavy atom. The minimum atomic E-state index is 0. The van der Waals surface area contributed by atoms with Crippen LogP contribution in [0.1, 0.15) is 18.4 Å². The van der Waals surface area contributed by atoms with E-state index in [1.807, 2.05) is 50.1 Å². The number of hydrogen-bond donors (Lipinski definition) is 1. The summed E-state index contributed by atoms with van der Waals surface area (Å²) in [5, 5.41) is 4.32. The number of aliphatic imine (C=N–C) groups is 1. The van der Waals surface area contributed by atoms with Crippen molar-refractivity contribution in [3.05, 3.63) is 34.9 Å². The molecule has 4 nitrogen and oxygen atoms in total. The number of ether oxygens (including phenoxy) is 1. The van der Waals surface area contributed by atoms with Crippen LogP contribution in [-0.4, -0.2) is 55.7 Å². The molecule has 0 unspecified atom stereocenters. The number of rotatable bonds is 5. The van der Waals surface area contributed by atoms with Crippen molar-refractivity contribution in [3.63, 3.8) is 0 Å². The lowest BCUT2D eigenvalue weighted by Crippen LogP contribution is -2.48. The van der Waals surface area contributed by atoms with Gasteiger partial charge in [-0.1, -0.05) is 29.8 Å². The van der Waals surface area contributed by atoms with E-state index in [1.54, 1.807) is 0 Å². The van der Waals surface area contributed by atoms with Crippen molar-refractivity contribution in [2.24, 2.45) is 4.99 Å². The van der Waals surface area contributed by atoms with Gasteiger partial charge in [-0.3, -0.25) is 4.99 Å². The summed E-state index contributed by atoms with van der Waals surface area (Å²) in [5.41, 5.74) is 1.10. The lowest BCUT2D eigenvalue weighted by Gasteiger charge is -2.37. The first-order valence-electron chi connectivity index (χ1n) is 7.88. The van der Waals surface area contributed by atoms with Crippen LogP contribution in [0.2, 0.25) is 5.02 Å². The van der Waals surface area contributed by atoms with Gasteiger partial charge in [-0.25, -0.2) is 0 Å². The molecule has 0 spiro atoms. The van der Waals surface area contributed by atoms with Gasteiger partial charge >= 0.3 is 0 Å². The van der Waals surface area contributed by atoms with Crippen molar-refractivity contribution in [1.29, 1.82) is 0 Å². The average molecular weight is 484 g/mol. The van der Waals surface area contributed by atoms with Crippen molar-refractivity contribution >= 4 is 53.3 Å². The lowest BCUT2D eigenvalue weighted by molar-refractivity contribution is 0.0781. The zero-order valence-corrected chi connectivity index (χ0v) is 18.5. The SMILES string of the molecule is CN=C(NCC1(SC)CCOCC1)N(C)Cc1ccccc1Cl.I. The van der Waals surface area contributed by atoms with E-state index >= 15 is 0 Å². The molecule has 1 aromatic rings. The first kappa shape index (κ1) is 21.9. The fraction of sp³-hybridized carbons (Fsp3) is 0.588. The van der Waals surface area contributed by atoms with Crippen LogP contribution in [0.15, 0.2) is 29.3 Å². The predicted molar refractivity (Wildman–Crippen MR) is 116 cm³/mol. The van der Waals surface area contributed by atoms with Gasteiger partial charge in [-0.15, -0.1) is 24.0 Å². The van der Waals surface area contributed by atoms with E-state index in [4.69, 9.17) is 16.3 Å². The highest BCUT2D eigenvalue weighted by Crippen LogP contribution is 2.33. The zero-order chi connectivity index (χ0) is 16.7. The largest absolute Gasteiger partial charge is 0.381 e. The first-order valence-corrected chi connectivity index (χ1v) is 9.48. The highest BCUT2D eigenvalue weighted by atomic mass is 127. The Labute approximate surface area is 171 Å². The van der Waals surface area contributed by atoms with Crippen molar-refractivity contribution in [2.75, 3.05) is 40.1 Å². The lowest BCUT2D eigenvalue weighted by atomic mass is 9.99. The molecule has 0 aliphatic carbocycles. The van der Waals surface area contributed by atoms with E-state index in [1.165, 1.54) is 0 Å². The summed E-state index contributed by atoms with van der Waals surface area (Å²) < 4.78 is 5.74. The van der Waals surface area contributed by atoms with Gasteiger partial charge in [0, 0.05) is 50.2 Å². The molecule has 0 radical (unpaired) electrons. The molecule has 2 rings (SSSR count). The number of hydrogen-bond acceptors (Lipinski definition) is 3. The van der Waals surface area contributed by atoms with Gasteiger partial charge in [0.25, 0.3) is 0 Å². The van der Waals surface area contributed by atoms with E-state index in [0.717, 1.165) is 55.7 Å². The van der Waals surface area contributed by atoms with Gasteiger partial charge in [0.15, 0.2) is 5.96 Å². The Morgan fingerprint density at radius 3 is 2.62 bits per heavy atom. The minimum absolute atomic E-state index is 0. The molecule has 0 atom stereocenters. The summed E-state index contributed by atoms with van der Waals surface area (Å²) in [7, 11) is 3.86. The molecule has 1 fully saturated rings. The summed E-state index contributed by atoms with van der Waals surface area (Å²) in [4.78, 5) is 6.52. The molecule has 24 heavy (non-hydrogen) atoms. The highest BCUT2D eigenvalue weighted by molar-refractivity contribution is 14.0. The molecule has 0 amide bonds. The maximum absolute atomic E-state index is 6.26. The van der Waals surface area contributed by atoms with Crippen LogP contribution in [-0.2, 0) is 11.3 Å². The Kier molecular flexibility index (Phi) is 9.77. The molecule has 1 aliphatic rings. The summed E-state index contributed by atoms with van der Waals surface area (Å²) in [6.07, 6.45) is 4.34. The molecule has 0 bridgehead atoms. The third kappa shape index (κ3) is 5.97. The number of halogens is 2. The van der Waals surface area contributed by atoms with E-state index < -0.39 is 0 Å². The second kappa shape index (κ2) is 10.7. The summed E-state index contributed by atoms with van der Waals surface area (Å²) in [5.74, 6) is 0.893. The van der Waals surface area contributed by atoms with E-state index in [9.17, 15) is 0 Å². The number of benzene rings is 1. The van der Waals surface area contributed by atoms with E-state index in [-0.39, 0.29) is 28.7 Å². The maximum atomic E-state index is 6.26. The number of nitrogens with one attached hydrogen (secondary N) is 1. The molecule has 1 aromatic carbocycles. The normalized spacial score (nSPS) is 17.1. The predicted octanol–water partition coefficient (Wildman–Crippen LogP) is 3.88. The Hall–Kier alpha value is -0.180. The second-order valence-corrected chi connectivity index (χ2v) is 7.53. The monoisotopic (exact) mass is 483 g/mol. The third-order valence-corrected chi connectivity index (χ3v) is 6.13. The molecule has 0 saturated carbocycles. The van der Waals surface area contributed by atoms with Gasteiger partial charge in [0.2, 0.25) is 0 Å². The van der Waals surface area contributed by atoms with Gasteiger partial charge in [0.1, 0.15) is 0 Å². The number of nitrogens with zero attached hydrogens (tertiary/aromatic N) is 2. The quantitative estimate of drug-likeness (QED) is 0.392. The van der Waals surface area contributed by atoms with Crippen LogP contribution in [0.4, 0.5) is 0 Å². The van der Waals surface area contributed by atoms with Crippen LogP contribution in [0, 0.1) is 0 Å². The first-order chi connectivity index (χ1) is 11.1. The van der Waals surface area contributed by atoms with Crippen LogP contribution in [0.5, 0.6) is 0 Å². The summed E-state index contributed by atoms with van der Waals surface area (Å²) in [6.45, 7) is 3.32. The Morgan fingerprint density at radius 2 is 2.04 bits per heavy atom. The third-order valence-electron chi connectivity index (χ3n) is 4.34. The second-order valence-electron chi connectivity index (χ2n) is 5.85. The number of guanidine groups is 1. The smallest absolute Gasteiger partial charge is 0.193 e. The van der Waals surface area contributed by atoms with Gasteiger partial charge < -0.3 is 15.0 Å². The fourth-order valence-corrected chi connectivity index (χ4v) is 3.77. The molecule has 7 heteroatoms. The number of thioether (sulfide) groups is 1. The topological polar surface area (TPSA) is 36.9 Å². The van der Waals surface area contributed by atoms with Gasteiger partial charge in [-0.05, 0) is 30.7 Å². The molecule has 0 aromatic heterocycles.